The molecule has 0 aliphatic heterocycles. The van der Waals surface area contributed by atoms with Crippen LogP contribution in [0.2, 0.25) is 0 Å². The molecule has 0 aliphatic rings. The summed E-state index contributed by atoms with van der Waals surface area (Å²) in [4.78, 5) is 2.22. The molecule has 1 unspecified atom stereocenters. The van der Waals surface area contributed by atoms with Crippen LogP contribution in [0.5, 0.6) is 0 Å². The van der Waals surface area contributed by atoms with E-state index in [-0.39, 0.29) is 0 Å². The molecule has 3 nitrogen and oxygen atoms in total. The van der Waals surface area contributed by atoms with E-state index in [1.807, 2.05) is 42.5 Å². The van der Waals surface area contributed by atoms with E-state index < -0.39 is 6.10 Å². The van der Waals surface area contributed by atoms with Crippen molar-refractivity contribution in [2.45, 2.75) is 26.0 Å². The van der Waals surface area contributed by atoms with E-state index in [1.54, 1.807) is 6.26 Å². The molecule has 0 aliphatic carbocycles. The smallest absolute Gasteiger partial charge is 0.117 e. The maximum absolute atomic E-state index is 10.3. The molecular weight excluding hydrogens is 238 g/mol. The highest BCUT2D eigenvalue weighted by molar-refractivity contribution is 5.17. The van der Waals surface area contributed by atoms with E-state index in [0.717, 1.165) is 30.8 Å². The van der Waals surface area contributed by atoms with Crippen LogP contribution in [0.4, 0.5) is 0 Å². The second kappa shape index (κ2) is 7.12. The Labute approximate surface area is 114 Å². The summed E-state index contributed by atoms with van der Waals surface area (Å²) >= 11 is 0. The molecule has 19 heavy (non-hydrogen) atoms. The van der Waals surface area contributed by atoms with Gasteiger partial charge in [-0.15, -0.1) is 0 Å². The minimum Gasteiger partial charge on any atom is -0.468 e. The van der Waals surface area contributed by atoms with Crippen molar-refractivity contribution < 1.29 is 9.52 Å². The number of aliphatic hydroxyl groups excluding tert-OH is 1. The molecule has 0 bridgehead atoms. The number of nitrogens with zero attached hydrogens (tertiary/aromatic N) is 1. The molecule has 3 heteroatoms. The lowest BCUT2D eigenvalue weighted by Crippen LogP contribution is -2.29. The third-order valence-corrected chi connectivity index (χ3v) is 3.11. The Bertz CT molecular complexity index is 453. The Morgan fingerprint density at radius 3 is 2.58 bits per heavy atom. The van der Waals surface area contributed by atoms with Crippen molar-refractivity contribution in [1.82, 2.24) is 4.90 Å². The lowest BCUT2D eigenvalue weighted by atomic mass is 10.1. The average Bonchev–Trinajstić information content (AvgIpc) is 2.93. The molecule has 0 radical (unpaired) electrons. The van der Waals surface area contributed by atoms with Gasteiger partial charge in [0, 0.05) is 6.54 Å². The SMILES string of the molecule is CCCN(Cc1ccco1)CC(O)c1ccccc1. The number of furan rings is 1. The minimum atomic E-state index is -0.456. The highest BCUT2D eigenvalue weighted by atomic mass is 16.3. The van der Waals surface area contributed by atoms with E-state index in [2.05, 4.69) is 11.8 Å². The van der Waals surface area contributed by atoms with Crippen LogP contribution in [0.15, 0.2) is 53.1 Å². The molecular formula is C16H21NO2. The summed E-state index contributed by atoms with van der Waals surface area (Å²) in [6.07, 6.45) is 2.29. The molecule has 1 aromatic carbocycles. The van der Waals surface area contributed by atoms with Crippen LogP contribution in [0.25, 0.3) is 0 Å². The summed E-state index contributed by atoms with van der Waals surface area (Å²) in [6.45, 7) is 4.46. The molecule has 2 aromatic rings. The van der Waals surface area contributed by atoms with Gasteiger partial charge in [0.25, 0.3) is 0 Å². The Hall–Kier alpha value is -1.58. The number of hydrogen-bond acceptors (Lipinski definition) is 3. The second-order valence-electron chi connectivity index (χ2n) is 4.74. The summed E-state index contributed by atoms with van der Waals surface area (Å²) in [6, 6.07) is 13.7. The molecule has 0 saturated heterocycles. The summed E-state index contributed by atoms with van der Waals surface area (Å²) in [5.74, 6) is 0.939. The van der Waals surface area contributed by atoms with Gasteiger partial charge in [-0.3, -0.25) is 4.90 Å². The molecule has 0 saturated carbocycles. The average molecular weight is 259 g/mol. The second-order valence-corrected chi connectivity index (χ2v) is 4.74. The van der Waals surface area contributed by atoms with E-state index in [4.69, 9.17) is 4.42 Å². The fourth-order valence-electron chi connectivity index (χ4n) is 2.20. The van der Waals surface area contributed by atoms with Gasteiger partial charge in [-0.25, -0.2) is 0 Å². The summed E-state index contributed by atoms with van der Waals surface area (Å²) in [5.41, 5.74) is 0.961. The van der Waals surface area contributed by atoms with Crippen LogP contribution in [0, 0.1) is 0 Å². The normalized spacial score (nSPS) is 12.8. The zero-order chi connectivity index (χ0) is 13.5. The Kier molecular flexibility index (Phi) is 5.19. The van der Waals surface area contributed by atoms with E-state index in [9.17, 15) is 5.11 Å². The van der Waals surface area contributed by atoms with Gasteiger partial charge < -0.3 is 9.52 Å². The fourth-order valence-corrected chi connectivity index (χ4v) is 2.20. The van der Waals surface area contributed by atoms with Crippen molar-refractivity contribution in [3.8, 4) is 0 Å². The predicted molar refractivity (Wildman–Crippen MR) is 75.7 cm³/mol. The summed E-state index contributed by atoms with van der Waals surface area (Å²) in [5, 5.41) is 10.3. The minimum absolute atomic E-state index is 0.456. The molecule has 0 spiro atoms. The first-order chi connectivity index (χ1) is 9.29. The van der Waals surface area contributed by atoms with Gasteiger partial charge in [0.15, 0.2) is 0 Å². The van der Waals surface area contributed by atoms with Gasteiger partial charge >= 0.3 is 0 Å². The van der Waals surface area contributed by atoms with E-state index in [0.29, 0.717) is 6.54 Å². The molecule has 1 atom stereocenters. The predicted octanol–water partition coefficient (Wildman–Crippen LogP) is 3.23. The lowest BCUT2D eigenvalue weighted by molar-refractivity contribution is 0.105. The van der Waals surface area contributed by atoms with Crippen LogP contribution >= 0.6 is 0 Å². The quantitative estimate of drug-likeness (QED) is 0.829. The number of hydrogen-bond donors (Lipinski definition) is 1. The van der Waals surface area contributed by atoms with Gasteiger partial charge in [0.05, 0.1) is 18.9 Å². The van der Waals surface area contributed by atoms with Gasteiger partial charge in [-0.1, -0.05) is 37.3 Å². The number of benzene rings is 1. The van der Waals surface area contributed by atoms with Gasteiger partial charge in [0.2, 0.25) is 0 Å². The van der Waals surface area contributed by atoms with Crippen molar-refractivity contribution in [2.75, 3.05) is 13.1 Å². The van der Waals surface area contributed by atoms with E-state index in [1.165, 1.54) is 0 Å². The highest BCUT2D eigenvalue weighted by Crippen LogP contribution is 2.15. The summed E-state index contributed by atoms with van der Waals surface area (Å²) in [7, 11) is 0. The third kappa shape index (κ3) is 4.23. The van der Waals surface area contributed by atoms with Crippen LogP contribution < -0.4 is 0 Å². The molecule has 2 rings (SSSR count). The molecule has 1 heterocycles. The maximum Gasteiger partial charge on any atom is 0.117 e. The monoisotopic (exact) mass is 259 g/mol. The Morgan fingerprint density at radius 2 is 1.95 bits per heavy atom. The number of rotatable bonds is 7. The van der Waals surface area contributed by atoms with Crippen LogP contribution in [0.1, 0.15) is 30.8 Å². The Morgan fingerprint density at radius 1 is 1.16 bits per heavy atom. The first kappa shape index (κ1) is 13.8. The molecule has 0 amide bonds. The van der Waals surface area contributed by atoms with Crippen molar-refractivity contribution in [3.05, 3.63) is 60.1 Å². The van der Waals surface area contributed by atoms with Crippen molar-refractivity contribution in [2.24, 2.45) is 0 Å². The zero-order valence-electron chi connectivity index (χ0n) is 11.3. The van der Waals surface area contributed by atoms with Gasteiger partial charge in [-0.2, -0.15) is 0 Å². The van der Waals surface area contributed by atoms with Crippen LogP contribution in [-0.2, 0) is 6.54 Å². The highest BCUT2D eigenvalue weighted by Gasteiger charge is 2.14. The lowest BCUT2D eigenvalue weighted by Gasteiger charge is -2.23. The standard InChI is InChI=1S/C16H21NO2/c1-2-10-17(12-15-9-6-11-19-15)13-16(18)14-7-4-3-5-8-14/h3-9,11,16,18H,2,10,12-13H2,1H3. The first-order valence-corrected chi connectivity index (χ1v) is 6.77. The maximum atomic E-state index is 10.3. The molecule has 102 valence electrons. The van der Waals surface area contributed by atoms with Crippen molar-refractivity contribution in [3.63, 3.8) is 0 Å². The zero-order valence-corrected chi connectivity index (χ0v) is 11.3. The topological polar surface area (TPSA) is 36.6 Å². The number of aliphatic hydroxyl groups is 1. The van der Waals surface area contributed by atoms with Crippen molar-refractivity contribution >= 4 is 0 Å². The third-order valence-electron chi connectivity index (χ3n) is 3.11. The van der Waals surface area contributed by atoms with Crippen LogP contribution in [-0.4, -0.2) is 23.1 Å². The van der Waals surface area contributed by atoms with Crippen molar-refractivity contribution in [1.29, 1.82) is 0 Å². The van der Waals surface area contributed by atoms with E-state index >= 15 is 0 Å². The first-order valence-electron chi connectivity index (χ1n) is 6.77. The fraction of sp³-hybridized carbons (Fsp3) is 0.375. The largest absolute Gasteiger partial charge is 0.468 e. The molecule has 1 aromatic heterocycles. The van der Waals surface area contributed by atoms with Gasteiger partial charge in [0.1, 0.15) is 5.76 Å². The molecule has 0 fully saturated rings. The van der Waals surface area contributed by atoms with Crippen LogP contribution in [0.3, 0.4) is 0 Å². The molecule has 1 N–H and O–H groups in total. The summed E-state index contributed by atoms with van der Waals surface area (Å²) < 4.78 is 5.37. The van der Waals surface area contributed by atoms with Gasteiger partial charge in [-0.05, 0) is 30.7 Å². The Balaban J connectivity index is 1.96.